The maximum Gasteiger partial charge on any atom is 0.407 e. The van der Waals surface area contributed by atoms with Crippen molar-refractivity contribution in [2.24, 2.45) is 0 Å². The first-order valence-corrected chi connectivity index (χ1v) is 5.58. The van der Waals surface area contributed by atoms with Gasteiger partial charge in [-0.2, -0.15) is 0 Å². The van der Waals surface area contributed by atoms with Crippen LogP contribution < -0.4 is 10.6 Å². The molecule has 0 aromatic carbocycles. The van der Waals surface area contributed by atoms with E-state index in [1.54, 1.807) is 0 Å². The van der Waals surface area contributed by atoms with E-state index in [9.17, 15) is 4.79 Å². The van der Waals surface area contributed by atoms with E-state index in [4.69, 9.17) is 9.84 Å². The van der Waals surface area contributed by atoms with Crippen LogP contribution in [0.25, 0.3) is 0 Å². The molecule has 0 aliphatic carbocycles. The summed E-state index contributed by atoms with van der Waals surface area (Å²) in [5, 5.41) is 14.6. The summed E-state index contributed by atoms with van der Waals surface area (Å²) in [7, 11) is 0. The summed E-state index contributed by atoms with van der Waals surface area (Å²) < 4.78 is 5.11. The summed E-state index contributed by atoms with van der Waals surface area (Å²) in [4.78, 5) is 11.4. The van der Waals surface area contributed by atoms with Crippen LogP contribution in [0, 0.1) is 0 Å². The Bertz CT molecular complexity index is 214. The van der Waals surface area contributed by atoms with Crippen LogP contribution in [0.1, 0.15) is 34.6 Å². The van der Waals surface area contributed by atoms with Crippen molar-refractivity contribution >= 4 is 6.09 Å². The van der Waals surface area contributed by atoms with Gasteiger partial charge in [-0.1, -0.05) is 0 Å². The van der Waals surface area contributed by atoms with Crippen molar-refractivity contribution in [2.75, 3.05) is 13.2 Å². The highest BCUT2D eigenvalue weighted by molar-refractivity contribution is 5.68. The number of aliphatic hydroxyl groups excluding tert-OH is 1. The summed E-state index contributed by atoms with van der Waals surface area (Å²) in [5.41, 5.74) is -0.477. The molecule has 0 rings (SSSR count). The van der Waals surface area contributed by atoms with Gasteiger partial charge < -0.3 is 20.5 Å². The van der Waals surface area contributed by atoms with Gasteiger partial charge in [0.15, 0.2) is 0 Å². The average molecular weight is 232 g/mol. The van der Waals surface area contributed by atoms with Crippen LogP contribution in [-0.4, -0.2) is 42.0 Å². The molecule has 2 atom stereocenters. The first-order valence-electron chi connectivity index (χ1n) is 5.58. The normalized spacial score (nSPS) is 15.4. The standard InChI is InChI=1S/C11H24N2O3/c1-8(6-12-9(2)7-14)13-10(15)16-11(3,4)5/h8-9,12,14H,6-7H2,1-5H3,(H,13,15)/t8-,9+/m1/s1. The minimum atomic E-state index is -0.477. The van der Waals surface area contributed by atoms with Gasteiger partial charge in [0, 0.05) is 18.6 Å². The SMILES string of the molecule is C[C@H](CN[C@@H](C)CO)NC(=O)OC(C)(C)C. The fourth-order valence-corrected chi connectivity index (χ4v) is 1.00. The number of carbonyl (C=O) groups excluding carboxylic acids is 1. The van der Waals surface area contributed by atoms with Crippen LogP contribution in [0.5, 0.6) is 0 Å². The van der Waals surface area contributed by atoms with Gasteiger partial charge in [0.05, 0.1) is 6.61 Å². The Balaban J connectivity index is 3.79. The molecule has 0 bridgehead atoms. The lowest BCUT2D eigenvalue weighted by atomic mass is 10.2. The molecule has 96 valence electrons. The van der Waals surface area contributed by atoms with E-state index in [1.165, 1.54) is 0 Å². The van der Waals surface area contributed by atoms with E-state index < -0.39 is 11.7 Å². The minimum absolute atomic E-state index is 0.0305. The van der Waals surface area contributed by atoms with Crippen LogP contribution in [0.2, 0.25) is 0 Å². The summed E-state index contributed by atoms with van der Waals surface area (Å²) in [5.74, 6) is 0. The molecular formula is C11H24N2O3. The molecule has 0 aliphatic rings. The van der Waals surface area contributed by atoms with Crippen molar-refractivity contribution in [3.8, 4) is 0 Å². The molecule has 0 unspecified atom stereocenters. The van der Waals surface area contributed by atoms with Crippen molar-refractivity contribution in [3.63, 3.8) is 0 Å². The van der Waals surface area contributed by atoms with Crippen LogP contribution in [0.3, 0.4) is 0 Å². The van der Waals surface area contributed by atoms with Crippen LogP contribution in [0.4, 0.5) is 4.79 Å². The monoisotopic (exact) mass is 232 g/mol. The van der Waals surface area contributed by atoms with E-state index in [1.807, 2.05) is 34.6 Å². The molecular weight excluding hydrogens is 208 g/mol. The van der Waals surface area contributed by atoms with E-state index in [-0.39, 0.29) is 18.7 Å². The van der Waals surface area contributed by atoms with Gasteiger partial charge in [0.25, 0.3) is 0 Å². The fraction of sp³-hybridized carbons (Fsp3) is 0.909. The van der Waals surface area contributed by atoms with E-state index in [2.05, 4.69) is 10.6 Å². The molecule has 0 saturated heterocycles. The van der Waals surface area contributed by atoms with Crippen molar-refractivity contribution in [3.05, 3.63) is 0 Å². The lowest BCUT2D eigenvalue weighted by Gasteiger charge is -2.22. The number of aliphatic hydroxyl groups is 1. The largest absolute Gasteiger partial charge is 0.444 e. The zero-order valence-corrected chi connectivity index (χ0v) is 10.8. The summed E-state index contributed by atoms with van der Waals surface area (Å²) in [6.07, 6.45) is -0.418. The van der Waals surface area contributed by atoms with Gasteiger partial charge in [-0.25, -0.2) is 4.79 Å². The highest BCUT2D eigenvalue weighted by atomic mass is 16.6. The number of amides is 1. The van der Waals surface area contributed by atoms with E-state index >= 15 is 0 Å². The lowest BCUT2D eigenvalue weighted by molar-refractivity contribution is 0.0507. The van der Waals surface area contributed by atoms with Gasteiger partial charge in [0.1, 0.15) is 5.60 Å². The van der Waals surface area contributed by atoms with Crippen LogP contribution in [0.15, 0.2) is 0 Å². The van der Waals surface area contributed by atoms with Crippen molar-refractivity contribution in [1.82, 2.24) is 10.6 Å². The molecule has 0 fully saturated rings. The smallest absolute Gasteiger partial charge is 0.407 e. The predicted molar refractivity (Wildman–Crippen MR) is 63.4 cm³/mol. The molecule has 0 aromatic heterocycles. The summed E-state index contributed by atoms with van der Waals surface area (Å²) in [6, 6.07) is -0.00765. The van der Waals surface area contributed by atoms with Crippen molar-refractivity contribution < 1.29 is 14.6 Å². The Morgan fingerprint density at radius 1 is 1.31 bits per heavy atom. The van der Waals surface area contributed by atoms with E-state index in [0.29, 0.717) is 6.54 Å². The lowest BCUT2D eigenvalue weighted by Crippen LogP contribution is -2.45. The number of hydrogen-bond donors (Lipinski definition) is 3. The highest BCUT2D eigenvalue weighted by Crippen LogP contribution is 2.06. The topological polar surface area (TPSA) is 70.6 Å². The Kier molecular flexibility index (Phi) is 6.36. The molecule has 5 nitrogen and oxygen atoms in total. The molecule has 0 radical (unpaired) electrons. The highest BCUT2D eigenvalue weighted by Gasteiger charge is 2.17. The number of ether oxygens (including phenoxy) is 1. The maximum atomic E-state index is 11.4. The number of nitrogens with one attached hydrogen (secondary N) is 2. The minimum Gasteiger partial charge on any atom is -0.444 e. The number of carbonyl (C=O) groups is 1. The quantitative estimate of drug-likeness (QED) is 0.658. The Morgan fingerprint density at radius 2 is 1.88 bits per heavy atom. The maximum absolute atomic E-state index is 11.4. The second kappa shape index (κ2) is 6.70. The second-order valence-electron chi connectivity index (χ2n) is 5.04. The predicted octanol–water partition coefficient (Wildman–Crippen LogP) is 0.870. The number of alkyl carbamates (subject to hydrolysis) is 1. The van der Waals surface area contributed by atoms with Gasteiger partial charge in [-0.15, -0.1) is 0 Å². The molecule has 0 heterocycles. The van der Waals surface area contributed by atoms with Gasteiger partial charge in [-0.3, -0.25) is 0 Å². The van der Waals surface area contributed by atoms with Gasteiger partial charge in [0.2, 0.25) is 0 Å². The third kappa shape index (κ3) is 8.49. The zero-order chi connectivity index (χ0) is 12.8. The Hall–Kier alpha value is -0.810. The summed E-state index contributed by atoms with van der Waals surface area (Å²) in [6.45, 7) is 9.90. The third-order valence-electron chi connectivity index (χ3n) is 1.81. The zero-order valence-electron chi connectivity index (χ0n) is 10.8. The molecule has 0 spiro atoms. The molecule has 0 aromatic rings. The first kappa shape index (κ1) is 15.2. The molecule has 5 heteroatoms. The molecule has 0 saturated carbocycles. The first-order chi connectivity index (χ1) is 7.24. The Morgan fingerprint density at radius 3 is 2.31 bits per heavy atom. The van der Waals surface area contributed by atoms with Gasteiger partial charge >= 0.3 is 6.09 Å². The van der Waals surface area contributed by atoms with Crippen molar-refractivity contribution in [1.29, 1.82) is 0 Å². The number of rotatable bonds is 5. The van der Waals surface area contributed by atoms with Gasteiger partial charge in [-0.05, 0) is 34.6 Å². The average Bonchev–Trinajstić information content (AvgIpc) is 2.10. The molecule has 3 N–H and O–H groups in total. The third-order valence-corrected chi connectivity index (χ3v) is 1.81. The summed E-state index contributed by atoms with van der Waals surface area (Å²) >= 11 is 0. The fourth-order valence-electron chi connectivity index (χ4n) is 1.00. The molecule has 16 heavy (non-hydrogen) atoms. The van der Waals surface area contributed by atoms with Crippen LogP contribution >= 0.6 is 0 Å². The number of hydrogen-bond acceptors (Lipinski definition) is 4. The van der Waals surface area contributed by atoms with Crippen LogP contribution in [-0.2, 0) is 4.74 Å². The van der Waals surface area contributed by atoms with E-state index in [0.717, 1.165) is 0 Å². The second-order valence-corrected chi connectivity index (χ2v) is 5.04. The Labute approximate surface area is 97.6 Å². The molecule has 1 amide bonds. The van der Waals surface area contributed by atoms with Crippen molar-refractivity contribution in [2.45, 2.75) is 52.3 Å². The molecule has 0 aliphatic heterocycles.